The number of sulfone groups is 1. The quantitative estimate of drug-likeness (QED) is 0.768. The van der Waals surface area contributed by atoms with Crippen LogP contribution in [0.25, 0.3) is 0 Å². The highest BCUT2D eigenvalue weighted by molar-refractivity contribution is 7.91. The van der Waals surface area contributed by atoms with Crippen molar-refractivity contribution in [3.63, 3.8) is 0 Å². The Hall–Kier alpha value is -1.57. The lowest BCUT2D eigenvalue weighted by Crippen LogP contribution is -2.26. The average molecular weight is 364 g/mol. The van der Waals surface area contributed by atoms with Crippen molar-refractivity contribution in [1.82, 2.24) is 0 Å². The first kappa shape index (κ1) is 18.8. The number of carbonyl (C=O) groups is 1. The molecule has 2 rings (SSSR count). The van der Waals surface area contributed by atoms with Gasteiger partial charge in [-0.05, 0) is 55.9 Å². The van der Waals surface area contributed by atoms with Crippen molar-refractivity contribution in [3.8, 4) is 0 Å². The van der Waals surface area contributed by atoms with E-state index in [2.05, 4.69) is 4.74 Å². The number of benzene rings is 1. The van der Waals surface area contributed by atoms with Crippen LogP contribution in [0, 0.1) is 11.8 Å². The largest absolute Gasteiger partial charge is 0.469 e. The lowest BCUT2D eigenvalue weighted by atomic mass is 9.83. The Kier molecular flexibility index (Phi) is 5.57. The second kappa shape index (κ2) is 7.13. The van der Waals surface area contributed by atoms with Crippen molar-refractivity contribution in [2.75, 3.05) is 12.9 Å². The van der Waals surface area contributed by atoms with E-state index in [0.717, 1.165) is 24.3 Å². The molecule has 4 nitrogen and oxygen atoms in total. The molecule has 0 heterocycles. The Morgan fingerprint density at radius 1 is 1.12 bits per heavy atom. The minimum Gasteiger partial charge on any atom is -0.469 e. The summed E-state index contributed by atoms with van der Waals surface area (Å²) in [6.07, 6.45) is -2.19. The molecule has 1 fully saturated rings. The van der Waals surface area contributed by atoms with E-state index in [4.69, 9.17) is 0 Å². The number of alkyl halides is 3. The van der Waals surface area contributed by atoms with Crippen LogP contribution < -0.4 is 0 Å². The topological polar surface area (TPSA) is 60.4 Å². The van der Waals surface area contributed by atoms with Crippen molar-refractivity contribution in [3.05, 3.63) is 29.8 Å². The van der Waals surface area contributed by atoms with Gasteiger partial charge in [-0.3, -0.25) is 4.79 Å². The first-order chi connectivity index (χ1) is 11.1. The molecule has 1 aliphatic carbocycles. The summed E-state index contributed by atoms with van der Waals surface area (Å²) in [4.78, 5) is 11.4. The maximum atomic E-state index is 12.5. The van der Waals surface area contributed by atoms with E-state index in [-0.39, 0.29) is 28.5 Å². The van der Waals surface area contributed by atoms with Gasteiger partial charge in [0.25, 0.3) is 0 Å². The summed E-state index contributed by atoms with van der Waals surface area (Å²) < 4.78 is 67.0. The fourth-order valence-electron chi connectivity index (χ4n) is 2.99. The third-order valence-corrected chi connectivity index (χ3v) is 6.28. The molecule has 1 saturated carbocycles. The first-order valence-electron chi connectivity index (χ1n) is 7.61. The van der Waals surface area contributed by atoms with Crippen molar-refractivity contribution < 1.29 is 31.1 Å². The van der Waals surface area contributed by atoms with E-state index < -0.39 is 21.6 Å². The molecule has 1 aromatic carbocycles. The monoisotopic (exact) mass is 364 g/mol. The zero-order valence-corrected chi connectivity index (χ0v) is 14.0. The van der Waals surface area contributed by atoms with Crippen molar-refractivity contribution in [1.29, 1.82) is 0 Å². The summed E-state index contributed by atoms with van der Waals surface area (Å²) in [7, 11) is -2.33. The van der Waals surface area contributed by atoms with Gasteiger partial charge in [0, 0.05) is 0 Å². The Balaban J connectivity index is 2.01. The predicted molar refractivity (Wildman–Crippen MR) is 81.0 cm³/mol. The highest BCUT2D eigenvalue weighted by Gasteiger charge is 2.32. The summed E-state index contributed by atoms with van der Waals surface area (Å²) in [5.41, 5.74) is -0.875. The van der Waals surface area contributed by atoms with Crippen LogP contribution in [0.2, 0.25) is 0 Å². The van der Waals surface area contributed by atoms with Gasteiger partial charge in [-0.15, -0.1) is 0 Å². The molecule has 0 spiro atoms. The Bertz CT molecular complexity index is 672. The van der Waals surface area contributed by atoms with Gasteiger partial charge >= 0.3 is 12.1 Å². The molecular weight excluding hydrogens is 345 g/mol. The lowest BCUT2D eigenvalue weighted by molar-refractivity contribution is -0.146. The molecule has 1 aliphatic rings. The maximum absolute atomic E-state index is 12.5. The number of ether oxygens (including phenoxy) is 1. The van der Waals surface area contributed by atoms with Crippen LogP contribution in [-0.2, 0) is 25.5 Å². The van der Waals surface area contributed by atoms with Crippen LogP contribution in [0.1, 0.15) is 31.2 Å². The molecule has 0 amide bonds. The Morgan fingerprint density at radius 2 is 1.67 bits per heavy atom. The van der Waals surface area contributed by atoms with Gasteiger partial charge < -0.3 is 4.74 Å². The summed E-state index contributed by atoms with van der Waals surface area (Å²) >= 11 is 0. The van der Waals surface area contributed by atoms with Gasteiger partial charge in [0.2, 0.25) is 0 Å². The molecule has 8 heteroatoms. The van der Waals surface area contributed by atoms with Gasteiger partial charge in [-0.25, -0.2) is 8.42 Å². The van der Waals surface area contributed by atoms with Gasteiger partial charge in [0.15, 0.2) is 9.84 Å². The average Bonchev–Trinajstić information content (AvgIpc) is 2.54. The van der Waals surface area contributed by atoms with Crippen LogP contribution in [-0.4, -0.2) is 27.2 Å². The molecule has 0 aliphatic heterocycles. The lowest BCUT2D eigenvalue weighted by Gasteiger charge is -2.26. The van der Waals surface area contributed by atoms with Crippen LogP contribution in [0.5, 0.6) is 0 Å². The van der Waals surface area contributed by atoms with E-state index in [1.807, 2.05) is 0 Å². The first-order valence-corrected chi connectivity index (χ1v) is 9.26. The van der Waals surface area contributed by atoms with Gasteiger partial charge in [0.05, 0.1) is 29.2 Å². The summed E-state index contributed by atoms with van der Waals surface area (Å²) in [6, 6.07) is 3.55. The summed E-state index contributed by atoms with van der Waals surface area (Å²) in [5, 5.41) is 0. The normalized spacial score (nSPS) is 22.2. The fourth-order valence-corrected chi connectivity index (χ4v) is 4.69. The standard InChI is InChI=1S/C16H19F3O4S/c1-23-15(20)12-4-2-11(3-5-12)10-24(21,22)14-8-6-13(7-9-14)16(17,18)19/h6-9,11-12H,2-5,10H2,1H3. The second-order valence-corrected chi connectivity index (χ2v) is 8.08. The van der Waals surface area contributed by atoms with Crippen LogP contribution in [0.15, 0.2) is 29.2 Å². The minimum absolute atomic E-state index is 0.0989. The third-order valence-electron chi connectivity index (χ3n) is 4.38. The van der Waals surface area contributed by atoms with Gasteiger partial charge in [0.1, 0.15) is 0 Å². The van der Waals surface area contributed by atoms with E-state index in [1.165, 1.54) is 7.11 Å². The molecule has 0 atom stereocenters. The Labute approximate surface area is 138 Å². The zero-order chi connectivity index (χ0) is 18.0. The van der Waals surface area contributed by atoms with E-state index in [1.54, 1.807) is 0 Å². The van der Waals surface area contributed by atoms with E-state index in [0.29, 0.717) is 25.7 Å². The molecule has 1 aromatic rings. The minimum atomic E-state index is -4.49. The molecule has 0 radical (unpaired) electrons. The number of hydrogen-bond donors (Lipinski definition) is 0. The molecule has 0 N–H and O–H groups in total. The molecule has 0 saturated heterocycles. The Morgan fingerprint density at radius 3 is 2.12 bits per heavy atom. The van der Waals surface area contributed by atoms with Crippen molar-refractivity contribution >= 4 is 15.8 Å². The number of methoxy groups -OCH3 is 1. The third kappa shape index (κ3) is 4.49. The predicted octanol–water partition coefficient (Wildman–Crippen LogP) is 3.46. The number of carbonyl (C=O) groups excluding carboxylic acids is 1. The highest BCUT2D eigenvalue weighted by atomic mass is 32.2. The number of rotatable bonds is 4. The van der Waals surface area contributed by atoms with E-state index >= 15 is 0 Å². The fraction of sp³-hybridized carbons (Fsp3) is 0.562. The SMILES string of the molecule is COC(=O)C1CCC(CS(=O)(=O)c2ccc(C(F)(F)F)cc2)CC1. The van der Waals surface area contributed by atoms with Gasteiger partial charge in [-0.2, -0.15) is 13.2 Å². The molecule has 0 unspecified atom stereocenters. The van der Waals surface area contributed by atoms with Crippen molar-refractivity contribution in [2.45, 2.75) is 36.8 Å². The summed E-state index contributed by atoms with van der Waals surface area (Å²) in [5.74, 6) is -0.691. The van der Waals surface area contributed by atoms with Gasteiger partial charge in [-0.1, -0.05) is 0 Å². The maximum Gasteiger partial charge on any atom is 0.416 e. The molecule has 24 heavy (non-hydrogen) atoms. The molecule has 0 aromatic heterocycles. The van der Waals surface area contributed by atoms with Crippen molar-refractivity contribution in [2.24, 2.45) is 11.8 Å². The number of halogens is 3. The molecule has 0 bridgehead atoms. The molecular formula is C16H19F3O4S. The van der Waals surface area contributed by atoms with Crippen LogP contribution >= 0.6 is 0 Å². The zero-order valence-electron chi connectivity index (χ0n) is 13.2. The highest BCUT2D eigenvalue weighted by Crippen LogP contribution is 2.33. The second-order valence-electron chi connectivity index (χ2n) is 6.04. The number of esters is 1. The smallest absolute Gasteiger partial charge is 0.416 e. The van der Waals surface area contributed by atoms with Crippen LogP contribution in [0.3, 0.4) is 0 Å². The van der Waals surface area contributed by atoms with E-state index in [9.17, 15) is 26.4 Å². The molecule has 134 valence electrons. The van der Waals surface area contributed by atoms with Crippen LogP contribution in [0.4, 0.5) is 13.2 Å². The summed E-state index contributed by atoms with van der Waals surface area (Å²) in [6.45, 7) is 0. The number of hydrogen-bond acceptors (Lipinski definition) is 4.